The summed E-state index contributed by atoms with van der Waals surface area (Å²) in [4.78, 5) is 9.49. The zero-order valence-corrected chi connectivity index (χ0v) is 14.1. The molecule has 1 fully saturated rings. The number of hydrogen-bond acceptors (Lipinski definition) is 4. The highest BCUT2D eigenvalue weighted by atomic mass is 16.5. The van der Waals surface area contributed by atoms with Crippen LogP contribution in [0.25, 0.3) is 0 Å². The van der Waals surface area contributed by atoms with Crippen LogP contribution in [0.4, 0.5) is 0 Å². The lowest BCUT2D eigenvalue weighted by Gasteiger charge is -2.34. The number of aromatic nitrogens is 2. The molecular weight excluding hydrogens is 262 g/mol. The van der Waals surface area contributed by atoms with E-state index in [2.05, 4.69) is 37.1 Å². The predicted molar refractivity (Wildman–Crippen MR) is 85.1 cm³/mol. The normalized spacial score (nSPS) is 18.7. The Hall–Kier alpha value is -1.00. The third-order valence-electron chi connectivity index (χ3n) is 4.17. The van der Waals surface area contributed by atoms with E-state index in [4.69, 9.17) is 9.72 Å². The summed E-state index contributed by atoms with van der Waals surface area (Å²) in [5, 5.41) is 3.49. The zero-order valence-electron chi connectivity index (χ0n) is 14.1. The summed E-state index contributed by atoms with van der Waals surface area (Å²) in [5.41, 5.74) is 1.88. The Balaban J connectivity index is 2.25. The molecule has 1 heterocycles. The molecule has 0 bridgehead atoms. The molecule has 1 aliphatic carbocycles. The van der Waals surface area contributed by atoms with Crippen LogP contribution >= 0.6 is 0 Å². The van der Waals surface area contributed by atoms with Crippen LogP contribution in [0, 0.1) is 6.92 Å². The number of nitrogens with zero attached hydrogens (tertiary/aromatic N) is 2. The van der Waals surface area contributed by atoms with Crippen LogP contribution in [-0.2, 0) is 16.9 Å². The third-order valence-corrected chi connectivity index (χ3v) is 4.17. The maximum atomic E-state index is 5.87. The fourth-order valence-electron chi connectivity index (χ4n) is 2.93. The van der Waals surface area contributed by atoms with Crippen molar-refractivity contribution in [2.45, 2.75) is 77.5 Å². The first-order valence-electron chi connectivity index (χ1n) is 8.00. The molecule has 0 spiro atoms. The minimum atomic E-state index is -0.277. The van der Waals surface area contributed by atoms with Crippen molar-refractivity contribution in [3.05, 3.63) is 23.3 Å². The molecule has 0 unspecified atom stereocenters. The first kappa shape index (κ1) is 16.4. The Labute approximate surface area is 128 Å². The molecule has 0 amide bonds. The third kappa shape index (κ3) is 4.24. The monoisotopic (exact) mass is 291 g/mol. The van der Waals surface area contributed by atoms with Crippen molar-refractivity contribution in [2.24, 2.45) is 0 Å². The number of hydrogen-bond donors (Lipinski definition) is 1. The van der Waals surface area contributed by atoms with Gasteiger partial charge in [0.2, 0.25) is 0 Å². The van der Waals surface area contributed by atoms with E-state index in [-0.39, 0.29) is 11.1 Å². The molecule has 118 valence electrons. The molecule has 4 heteroatoms. The molecule has 1 aromatic rings. The maximum Gasteiger partial charge on any atom is 0.160 e. The van der Waals surface area contributed by atoms with Gasteiger partial charge < -0.3 is 10.1 Å². The molecule has 0 aromatic carbocycles. The maximum absolute atomic E-state index is 5.87. The summed E-state index contributed by atoms with van der Waals surface area (Å²) in [7, 11) is 1.80. The van der Waals surface area contributed by atoms with E-state index in [0.29, 0.717) is 0 Å². The molecule has 4 nitrogen and oxygen atoms in total. The van der Waals surface area contributed by atoms with Crippen LogP contribution in [0.1, 0.15) is 70.1 Å². The molecule has 1 saturated carbocycles. The molecular formula is C17H29N3O. The van der Waals surface area contributed by atoms with Crippen LogP contribution in [-0.4, -0.2) is 22.6 Å². The SMILES string of the molecule is COC1(c2nc(C)cc(CNC(C)(C)C)n2)CCCCC1. The van der Waals surface area contributed by atoms with Gasteiger partial charge in [0.05, 0.1) is 5.69 Å². The fourth-order valence-corrected chi connectivity index (χ4v) is 2.93. The van der Waals surface area contributed by atoms with Crippen molar-refractivity contribution >= 4 is 0 Å². The van der Waals surface area contributed by atoms with Crippen LogP contribution in [0.3, 0.4) is 0 Å². The summed E-state index contributed by atoms with van der Waals surface area (Å²) in [6.45, 7) is 9.30. The average Bonchev–Trinajstić information content (AvgIpc) is 2.44. The van der Waals surface area contributed by atoms with Crippen molar-refractivity contribution in [3.63, 3.8) is 0 Å². The van der Waals surface area contributed by atoms with Gasteiger partial charge in [0.1, 0.15) is 5.60 Å². The number of methoxy groups -OCH3 is 1. The number of aryl methyl sites for hydroxylation is 1. The highest BCUT2D eigenvalue weighted by Crippen LogP contribution is 2.38. The topological polar surface area (TPSA) is 47.0 Å². The van der Waals surface area contributed by atoms with Crippen molar-refractivity contribution in [2.75, 3.05) is 7.11 Å². The van der Waals surface area contributed by atoms with Crippen molar-refractivity contribution in [3.8, 4) is 0 Å². The first-order valence-corrected chi connectivity index (χ1v) is 8.00. The fraction of sp³-hybridized carbons (Fsp3) is 0.765. The van der Waals surface area contributed by atoms with E-state index in [0.717, 1.165) is 36.6 Å². The summed E-state index contributed by atoms with van der Waals surface area (Å²) < 4.78 is 5.87. The molecule has 0 saturated heterocycles. The van der Waals surface area contributed by atoms with Gasteiger partial charge >= 0.3 is 0 Å². The van der Waals surface area contributed by atoms with Gasteiger partial charge in [0.25, 0.3) is 0 Å². The molecule has 0 atom stereocenters. The van der Waals surface area contributed by atoms with E-state index in [1.54, 1.807) is 7.11 Å². The first-order chi connectivity index (χ1) is 9.85. The van der Waals surface area contributed by atoms with E-state index in [1.165, 1.54) is 19.3 Å². The summed E-state index contributed by atoms with van der Waals surface area (Å²) in [6.07, 6.45) is 5.73. The second-order valence-corrected chi connectivity index (χ2v) is 7.19. The van der Waals surface area contributed by atoms with Crippen molar-refractivity contribution in [1.82, 2.24) is 15.3 Å². The lowest BCUT2D eigenvalue weighted by atomic mass is 9.84. The number of nitrogens with one attached hydrogen (secondary N) is 1. The van der Waals surface area contributed by atoms with E-state index < -0.39 is 0 Å². The van der Waals surface area contributed by atoms with Crippen LogP contribution < -0.4 is 5.32 Å². The van der Waals surface area contributed by atoms with Gasteiger partial charge in [-0.1, -0.05) is 19.3 Å². The highest BCUT2D eigenvalue weighted by molar-refractivity contribution is 5.15. The lowest BCUT2D eigenvalue weighted by Crippen LogP contribution is -2.37. The molecule has 1 aromatic heterocycles. The number of ether oxygens (including phenoxy) is 1. The lowest BCUT2D eigenvalue weighted by molar-refractivity contribution is -0.0517. The van der Waals surface area contributed by atoms with Crippen LogP contribution in [0.5, 0.6) is 0 Å². The predicted octanol–water partition coefficient (Wildman–Crippen LogP) is 3.48. The van der Waals surface area contributed by atoms with Gasteiger partial charge in [0.15, 0.2) is 5.82 Å². The Morgan fingerprint density at radius 1 is 1.19 bits per heavy atom. The Morgan fingerprint density at radius 3 is 2.43 bits per heavy atom. The van der Waals surface area contributed by atoms with Crippen LogP contribution in [0.15, 0.2) is 6.07 Å². The quantitative estimate of drug-likeness (QED) is 0.922. The highest BCUT2D eigenvalue weighted by Gasteiger charge is 2.37. The van der Waals surface area contributed by atoms with Gasteiger partial charge in [-0.05, 0) is 46.6 Å². The molecule has 1 N–H and O–H groups in total. The summed E-state index contributed by atoms with van der Waals surface area (Å²) in [6, 6.07) is 2.06. The molecule has 21 heavy (non-hydrogen) atoms. The van der Waals surface area contributed by atoms with Gasteiger partial charge in [-0.3, -0.25) is 0 Å². The Kier molecular flexibility index (Phi) is 4.99. The molecule has 0 aliphatic heterocycles. The van der Waals surface area contributed by atoms with Crippen LogP contribution in [0.2, 0.25) is 0 Å². The second-order valence-electron chi connectivity index (χ2n) is 7.19. The van der Waals surface area contributed by atoms with Crippen molar-refractivity contribution in [1.29, 1.82) is 0 Å². The Bertz CT molecular complexity index is 473. The van der Waals surface area contributed by atoms with Gasteiger partial charge in [-0.25, -0.2) is 9.97 Å². The molecule has 1 aliphatic rings. The minimum Gasteiger partial charge on any atom is -0.370 e. The van der Waals surface area contributed by atoms with Gasteiger partial charge in [0, 0.05) is 24.9 Å². The van der Waals surface area contributed by atoms with Gasteiger partial charge in [-0.15, -0.1) is 0 Å². The van der Waals surface area contributed by atoms with E-state index in [1.807, 2.05) is 6.92 Å². The molecule has 0 radical (unpaired) electrons. The summed E-state index contributed by atoms with van der Waals surface area (Å²) in [5.74, 6) is 0.871. The standard InChI is InChI=1S/C17H29N3O/c1-13-11-14(12-18-16(2,3)4)20-15(19-13)17(21-5)9-7-6-8-10-17/h11,18H,6-10,12H2,1-5H3. The zero-order chi connectivity index (χ0) is 15.5. The smallest absolute Gasteiger partial charge is 0.160 e. The molecule has 2 rings (SSSR count). The van der Waals surface area contributed by atoms with Crippen molar-refractivity contribution < 1.29 is 4.74 Å². The second kappa shape index (κ2) is 6.41. The summed E-state index contributed by atoms with van der Waals surface area (Å²) >= 11 is 0. The van der Waals surface area contributed by atoms with E-state index in [9.17, 15) is 0 Å². The minimum absolute atomic E-state index is 0.0861. The van der Waals surface area contributed by atoms with Gasteiger partial charge in [-0.2, -0.15) is 0 Å². The number of rotatable bonds is 4. The van der Waals surface area contributed by atoms with E-state index >= 15 is 0 Å². The average molecular weight is 291 g/mol. The largest absolute Gasteiger partial charge is 0.370 e. The Morgan fingerprint density at radius 2 is 1.86 bits per heavy atom.